The van der Waals surface area contributed by atoms with Gasteiger partial charge in [-0.25, -0.2) is 9.97 Å². The summed E-state index contributed by atoms with van der Waals surface area (Å²) in [6.45, 7) is 3.14. The van der Waals surface area contributed by atoms with Crippen LogP contribution >= 0.6 is 23.4 Å². The molecule has 1 aromatic heterocycles. The number of ether oxygens (including phenoxy) is 2. The Balaban J connectivity index is 1.89. The summed E-state index contributed by atoms with van der Waals surface area (Å²) in [7, 11) is 0. The summed E-state index contributed by atoms with van der Waals surface area (Å²) >= 11 is 7.35. The van der Waals surface area contributed by atoms with Crippen molar-refractivity contribution in [2.75, 3.05) is 13.2 Å². The fourth-order valence-electron chi connectivity index (χ4n) is 1.71. The Morgan fingerprint density at radius 1 is 1.21 bits per heavy atom. The van der Waals surface area contributed by atoms with Gasteiger partial charge in [-0.15, -0.1) is 0 Å². The number of rotatable bonds is 2. The van der Waals surface area contributed by atoms with Crippen LogP contribution in [0, 0.1) is 6.92 Å². The number of aromatic nitrogens is 2. The lowest BCUT2D eigenvalue weighted by atomic mass is 10.3. The van der Waals surface area contributed by atoms with E-state index in [9.17, 15) is 0 Å². The van der Waals surface area contributed by atoms with Gasteiger partial charge in [0.15, 0.2) is 11.5 Å². The fourth-order valence-corrected chi connectivity index (χ4v) is 2.76. The molecule has 1 aliphatic heterocycles. The third-order valence-corrected chi connectivity index (χ3v) is 3.90. The summed E-state index contributed by atoms with van der Waals surface area (Å²) in [5, 5.41) is 1.10. The molecule has 0 fully saturated rings. The molecular weight excluding hydrogens is 284 g/mol. The quantitative estimate of drug-likeness (QED) is 0.628. The van der Waals surface area contributed by atoms with Gasteiger partial charge in [-0.3, -0.25) is 0 Å². The van der Waals surface area contributed by atoms with Gasteiger partial charge in [-0.2, -0.15) is 0 Å². The molecule has 0 amide bonds. The van der Waals surface area contributed by atoms with Crippen LogP contribution < -0.4 is 9.47 Å². The predicted octanol–water partition coefficient (Wildman–Crippen LogP) is 3.36. The van der Waals surface area contributed by atoms with E-state index in [0.717, 1.165) is 27.0 Å². The van der Waals surface area contributed by atoms with Crippen LogP contribution in [0.3, 0.4) is 0 Å². The van der Waals surface area contributed by atoms with Crippen molar-refractivity contribution < 1.29 is 9.47 Å². The zero-order chi connectivity index (χ0) is 13.2. The van der Waals surface area contributed by atoms with Gasteiger partial charge in [0.05, 0.1) is 0 Å². The molecule has 4 nitrogen and oxygen atoms in total. The number of benzene rings is 1. The summed E-state index contributed by atoms with van der Waals surface area (Å²) in [6, 6.07) is 5.84. The number of nitrogens with zero attached hydrogens (tertiary/aromatic N) is 2. The highest BCUT2D eigenvalue weighted by Gasteiger charge is 2.13. The van der Waals surface area contributed by atoms with E-state index >= 15 is 0 Å². The molecule has 0 atom stereocenters. The highest BCUT2D eigenvalue weighted by atomic mass is 35.5. The monoisotopic (exact) mass is 294 g/mol. The molecule has 0 bridgehead atoms. The van der Waals surface area contributed by atoms with Crippen molar-refractivity contribution in [3.05, 3.63) is 35.2 Å². The van der Waals surface area contributed by atoms with Gasteiger partial charge in [0.1, 0.15) is 18.2 Å². The second-order valence-electron chi connectivity index (χ2n) is 4.03. The van der Waals surface area contributed by atoms with Crippen LogP contribution in [0.1, 0.15) is 5.56 Å². The first-order chi connectivity index (χ1) is 9.22. The summed E-state index contributed by atoms with van der Waals surface area (Å²) < 4.78 is 11.0. The molecule has 0 aliphatic carbocycles. The zero-order valence-electron chi connectivity index (χ0n) is 10.2. The second kappa shape index (κ2) is 5.27. The number of fused-ring (bicyclic) bond motifs is 1. The third-order valence-electron chi connectivity index (χ3n) is 2.62. The van der Waals surface area contributed by atoms with Gasteiger partial charge in [-0.05, 0) is 36.7 Å². The van der Waals surface area contributed by atoms with Crippen LogP contribution in [0.15, 0.2) is 34.3 Å². The van der Waals surface area contributed by atoms with E-state index in [0.29, 0.717) is 13.2 Å². The summed E-state index contributed by atoms with van der Waals surface area (Å²) in [5.41, 5.74) is 0.990. The summed E-state index contributed by atoms with van der Waals surface area (Å²) in [5.74, 6) is 1.56. The van der Waals surface area contributed by atoms with E-state index < -0.39 is 0 Å². The number of hydrogen-bond donors (Lipinski definition) is 0. The number of hydrogen-bond acceptors (Lipinski definition) is 5. The lowest BCUT2D eigenvalue weighted by molar-refractivity contribution is 0.171. The topological polar surface area (TPSA) is 44.2 Å². The first-order valence-electron chi connectivity index (χ1n) is 5.79. The SMILES string of the molecule is Cc1cnc(Cl)nc1Sc1ccc2c(c1)OCCO2. The van der Waals surface area contributed by atoms with E-state index in [1.54, 1.807) is 6.20 Å². The Bertz CT molecular complexity index is 622. The third kappa shape index (κ3) is 2.77. The maximum absolute atomic E-state index is 5.82. The van der Waals surface area contributed by atoms with Crippen molar-refractivity contribution in [2.45, 2.75) is 16.8 Å². The van der Waals surface area contributed by atoms with Gasteiger partial charge in [-0.1, -0.05) is 11.8 Å². The van der Waals surface area contributed by atoms with E-state index in [1.165, 1.54) is 11.8 Å². The minimum Gasteiger partial charge on any atom is -0.486 e. The molecule has 1 aromatic carbocycles. The Labute approximate surface area is 120 Å². The Kier molecular flexibility index (Phi) is 3.48. The van der Waals surface area contributed by atoms with Crippen molar-refractivity contribution >= 4 is 23.4 Å². The molecule has 19 heavy (non-hydrogen) atoms. The normalized spacial score (nSPS) is 13.4. The standard InChI is InChI=1S/C13H11ClN2O2S/c1-8-7-15-13(14)16-12(8)19-9-2-3-10-11(6-9)18-5-4-17-10/h2-3,6-7H,4-5H2,1H3. The van der Waals surface area contributed by atoms with E-state index in [1.807, 2.05) is 25.1 Å². The van der Waals surface area contributed by atoms with Crippen LogP contribution in [0.4, 0.5) is 0 Å². The maximum atomic E-state index is 5.82. The Morgan fingerprint density at radius 3 is 2.84 bits per heavy atom. The van der Waals surface area contributed by atoms with Crippen LogP contribution in [-0.2, 0) is 0 Å². The average molecular weight is 295 g/mol. The highest BCUT2D eigenvalue weighted by Crippen LogP contribution is 2.37. The largest absolute Gasteiger partial charge is 0.486 e. The molecule has 0 unspecified atom stereocenters. The first kappa shape index (κ1) is 12.6. The minimum absolute atomic E-state index is 0.255. The van der Waals surface area contributed by atoms with Crippen LogP contribution in [0.2, 0.25) is 5.28 Å². The highest BCUT2D eigenvalue weighted by molar-refractivity contribution is 7.99. The van der Waals surface area contributed by atoms with E-state index in [2.05, 4.69) is 9.97 Å². The average Bonchev–Trinajstić information content (AvgIpc) is 2.43. The Hall–Kier alpha value is -1.46. The van der Waals surface area contributed by atoms with Crippen LogP contribution in [0.25, 0.3) is 0 Å². The lowest BCUT2D eigenvalue weighted by Crippen LogP contribution is -2.15. The molecule has 1 aliphatic rings. The van der Waals surface area contributed by atoms with Gasteiger partial charge >= 0.3 is 0 Å². The first-order valence-corrected chi connectivity index (χ1v) is 6.98. The fraction of sp³-hybridized carbons (Fsp3) is 0.231. The number of halogens is 1. The number of aryl methyl sites for hydroxylation is 1. The summed E-state index contributed by atoms with van der Waals surface area (Å²) in [6.07, 6.45) is 1.72. The van der Waals surface area contributed by atoms with Crippen LogP contribution in [-0.4, -0.2) is 23.2 Å². The van der Waals surface area contributed by atoms with Gasteiger partial charge in [0.2, 0.25) is 5.28 Å². The van der Waals surface area contributed by atoms with Gasteiger partial charge in [0.25, 0.3) is 0 Å². The van der Waals surface area contributed by atoms with Crippen molar-refractivity contribution in [1.29, 1.82) is 0 Å². The van der Waals surface area contributed by atoms with Crippen molar-refractivity contribution in [3.63, 3.8) is 0 Å². The molecule has 0 saturated heterocycles. The van der Waals surface area contributed by atoms with Crippen LogP contribution in [0.5, 0.6) is 11.5 Å². The smallest absolute Gasteiger partial charge is 0.223 e. The molecule has 6 heteroatoms. The predicted molar refractivity (Wildman–Crippen MR) is 73.3 cm³/mol. The molecule has 2 aromatic rings. The molecule has 0 saturated carbocycles. The van der Waals surface area contributed by atoms with Gasteiger partial charge in [0, 0.05) is 16.7 Å². The minimum atomic E-state index is 0.255. The second-order valence-corrected chi connectivity index (χ2v) is 5.44. The zero-order valence-corrected chi connectivity index (χ0v) is 11.8. The summed E-state index contributed by atoms with van der Waals surface area (Å²) in [4.78, 5) is 9.20. The molecular formula is C13H11ClN2O2S. The van der Waals surface area contributed by atoms with Crippen molar-refractivity contribution in [1.82, 2.24) is 9.97 Å². The molecule has 2 heterocycles. The Morgan fingerprint density at radius 2 is 2.00 bits per heavy atom. The molecule has 0 spiro atoms. The molecule has 0 N–H and O–H groups in total. The molecule has 0 radical (unpaired) electrons. The van der Waals surface area contributed by atoms with E-state index in [4.69, 9.17) is 21.1 Å². The van der Waals surface area contributed by atoms with Gasteiger partial charge < -0.3 is 9.47 Å². The van der Waals surface area contributed by atoms with Crippen molar-refractivity contribution in [2.24, 2.45) is 0 Å². The maximum Gasteiger partial charge on any atom is 0.223 e. The molecule has 3 rings (SSSR count). The molecule has 98 valence electrons. The van der Waals surface area contributed by atoms with E-state index in [-0.39, 0.29) is 5.28 Å². The van der Waals surface area contributed by atoms with Crippen molar-refractivity contribution in [3.8, 4) is 11.5 Å². The lowest BCUT2D eigenvalue weighted by Gasteiger charge is -2.18.